The SMILES string of the molecule is NC(=NC(=O)c1ccc(N2CCCCC2)c([N+](=O)[O-])c1)c1ccc(C(=O)O)c(F)c1. The van der Waals surface area contributed by atoms with Crippen molar-refractivity contribution in [3.8, 4) is 0 Å². The molecule has 1 amide bonds. The fourth-order valence-electron chi connectivity index (χ4n) is 3.29. The van der Waals surface area contributed by atoms with Gasteiger partial charge in [-0.05, 0) is 43.5 Å². The van der Waals surface area contributed by atoms with Crippen LogP contribution >= 0.6 is 0 Å². The number of amides is 1. The molecule has 9 nitrogen and oxygen atoms in total. The predicted molar refractivity (Wildman–Crippen MR) is 108 cm³/mol. The van der Waals surface area contributed by atoms with Crippen LogP contribution in [0.5, 0.6) is 0 Å². The maximum atomic E-state index is 13.8. The number of nitrogens with two attached hydrogens (primary N) is 1. The highest BCUT2D eigenvalue weighted by Gasteiger charge is 2.23. The van der Waals surface area contributed by atoms with E-state index in [1.54, 1.807) is 0 Å². The minimum Gasteiger partial charge on any atom is -0.478 e. The molecule has 0 spiro atoms. The minimum atomic E-state index is -1.44. The van der Waals surface area contributed by atoms with E-state index in [0.717, 1.165) is 37.5 Å². The summed E-state index contributed by atoms with van der Waals surface area (Å²) in [6.45, 7) is 1.41. The quantitative estimate of drug-likeness (QED) is 0.332. The monoisotopic (exact) mass is 414 g/mol. The van der Waals surface area contributed by atoms with E-state index in [9.17, 15) is 24.1 Å². The number of piperidine rings is 1. The standard InChI is InChI=1S/C20H19FN4O5/c21-15-10-12(4-6-14(15)20(27)28)18(22)23-19(26)13-5-7-16(17(11-13)25(29)30)24-8-2-1-3-9-24/h4-7,10-11H,1-3,8-9H2,(H,27,28)(H2,22,23,26). The molecule has 0 saturated carbocycles. The van der Waals surface area contributed by atoms with Gasteiger partial charge in [-0.25, -0.2) is 9.18 Å². The summed E-state index contributed by atoms with van der Waals surface area (Å²) < 4.78 is 13.8. The van der Waals surface area contributed by atoms with Crippen LogP contribution in [0, 0.1) is 15.9 Å². The number of aliphatic imine (C=N–C) groups is 1. The van der Waals surface area contributed by atoms with Gasteiger partial charge in [0, 0.05) is 30.3 Å². The molecular weight excluding hydrogens is 395 g/mol. The molecule has 1 saturated heterocycles. The lowest BCUT2D eigenvalue weighted by atomic mass is 10.1. The largest absolute Gasteiger partial charge is 0.478 e. The number of halogens is 1. The number of hydrogen-bond acceptors (Lipinski definition) is 5. The van der Waals surface area contributed by atoms with Gasteiger partial charge in [0.25, 0.3) is 11.6 Å². The molecule has 1 heterocycles. The van der Waals surface area contributed by atoms with Crippen molar-refractivity contribution in [1.29, 1.82) is 0 Å². The Kier molecular flexibility index (Phi) is 6.05. The Morgan fingerprint density at radius 3 is 2.37 bits per heavy atom. The fourth-order valence-corrected chi connectivity index (χ4v) is 3.29. The van der Waals surface area contributed by atoms with Gasteiger partial charge < -0.3 is 15.7 Å². The van der Waals surface area contributed by atoms with E-state index in [2.05, 4.69) is 4.99 Å². The van der Waals surface area contributed by atoms with Gasteiger partial charge in [0.05, 0.1) is 10.5 Å². The molecule has 2 aromatic carbocycles. The van der Waals surface area contributed by atoms with Gasteiger partial charge in [-0.2, -0.15) is 4.99 Å². The number of carbonyl (C=O) groups excluding carboxylic acids is 1. The lowest BCUT2D eigenvalue weighted by Crippen LogP contribution is -2.30. The zero-order valence-electron chi connectivity index (χ0n) is 15.9. The van der Waals surface area contributed by atoms with E-state index in [4.69, 9.17) is 10.8 Å². The van der Waals surface area contributed by atoms with Crippen molar-refractivity contribution < 1.29 is 24.0 Å². The van der Waals surface area contributed by atoms with Gasteiger partial charge in [0.1, 0.15) is 17.3 Å². The van der Waals surface area contributed by atoms with Gasteiger partial charge in [-0.1, -0.05) is 6.07 Å². The Hall–Kier alpha value is -3.82. The second-order valence-corrected chi connectivity index (χ2v) is 6.81. The number of aromatic carboxylic acids is 1. The molecule has 0 radical (unpaired) electrons. The van der Waals surface area contributed by atoms with Crippen LogP contribution in [0.1, 0.15) is 45.5 Å². The average molecular weight is 414 g/mol. The molecule has 1 aliphatic heterocycles. The minimum absolute atomic E-state index is 0.0188. The number of hydrogen-bond donors (Lipinski definition) is 2. The Bertz CT molecular complexity index is 1050. The molecule has 0 aliphatic carbocycles. The lowest BCUT2D eigenvalue weighted by molar-refractivity contribution is -0.384. The van der Waals surface area contributed by atoms with Crippen LogP contribution in [0.15, 0.2) is 41.4 Å². The maximum absolute atomic E-state index is 13.8. The van der Waals surface area contributed by atoms with E-state index in [0.29, 0.717) is 18.8 Å². The molecular formula is C20H19FN4O5. The third-order valence-corrected chi connectivity index (χ3v) is 4.83. The van der Waals surface area contributed by atoms with Gasteiger partial charge in [0.2, 0.25) is 0 Å². The van der Waals surface area contributed by atoms with Crippen molar-refractivity contribution in [3.05, 3.63) is 69.0 Å². The Balaban J connectivity index is 1.89. The number of nitrogens with zero attached hydrogens (tertiary/aromatic N) is 3. The topological polar surface area (TPSA) is 139 Å². The summed E-state index contributed by atoms with van der Waals surface area (Å²) in [7, 11) is 0. The first kappa shape index (κ1) is 20.9. The fraction of sp³-hybridized carbons (Fsp3) is 0.250. The number of amidine groups is 1. The molecule has 0 unspecified atom stereocenters. The van der Waals surface area contributed by atoms with Crippen molar-refractivity contribution in [1.82, 2.24) is 0 Å². The molecule has 1 fully saturated rings. The number of nitro benzene ring substituents is 1. The number of benzene rings is 2. The molecule has 0 atom stereocenters. The molecule has 3 N–H and O–H groups in total. The van der Waals surface area contributed by atoms with Crippen molar-refractivity contribution in [2.45, 2.75) is 19.3 Å². The number of anilines is 1. The third-order valence-electron chi connectivity index (χ3n) is 4.83. The van der Waals surface area contributed by atoms with Crippen LogP contribution in [0.4, 0.5) is 15.8 Å². The molecule has 10 heteroatoms. The predicted octanol–water partition coefficient (Wildman–Crippen LogP) is 2.97. The Labute approximate surface area is 170 Å². The summed E-state index contributed by atoms with van der Waals surface area (Å²) in [4.78, 5) is 39.9. The summed E-state index contributed by atoms with van der Waals surface area (Å²) in [6.07, 6.45) is 2.95. The Morgan fingerprint density at radius 1 is 1.10 bits per heavy atom. The van der Waals surface area contributed by atoms with Crippen LogP contribution in [0.3, 0.4) is 0 Å². The zero-order chi connectivity index (χ0) is 21.8. The highest BCUT2D eigenvalue weighted by Crippen LogP contribution is 2.31. The molecule has 156 valence electrons. The van der Waals surface area contributed by atoms with Gasteiger partial charge in [-0.15, -0.1) is 0 Å². The second kappa shape index (κ2) is 8.68. The first-order valence-corrected chi connectivity index (χ1v) is 9.23. The maximum Gasteiger partial charge on any atom is 0.338 e. The van der Waals surface area contributed by atoms with Crippen LogP contribution in [0.2, 0.25) is 0 Å². The van der Waals surface area contributed by atoms with Crippen molar-refractivity contribution in [3.63, 3.8) is 0 Å². The second-order valence-electron chi connectivity index (χ2n) is 6.81. The van der Waals surface area contributed by atoms with Crippen LogP contribution in [0.25, 0.3) is 0 Å². The first-order valence-electron chi connectivity index (χ1n) is 9.23. The van der Waals surface area contributed by atoms with Crippen molar-refractivity contribution in [2.75, 3.05) is 18.0 Å². The van der Waals surface area contributed by atoms with E-state index < -0.39 is 28.2 Å². The molecule has 30 heavy (non-hydrogen) atoms. The number of rotatable bonds is 5. The highest BCUT2D eigenvalue weighted by molar-refractivity contribution is 6.09. The number of carbonyl (C=O) groups is 2. The molecule has 0 bridgehead atoms. The summed E-state index contributed by atoms with van der Waals surface area (Å²) in [5.74, 6) is -3.62. The first-order chi connectivity index (χ1) is 14.3. The van der Waals surface area contributed by atoms with Crippen LogP contribution in [-0.4, -0.2) is 40.8 Å². The Morgan fingerprint density at radius 2 is 1.77 bits per heavy atom. The number of carboxylic acids is 1. The molecule has 2 aromatic rings. The normalized spacial score (nSPS) is 14.4. The lowest BCUT2D eigenvalue weighted by Gasteiger charge is -2.28. The van der Waals surface area contributed by atoms with E-state index >= 15 is 0 Å². The smallest absolute Gasteiger partial charge is 0.338 e. The van der Waals surface area contributed by atoms with Gasteiger partial charge in [-0.3, -0.25) is 14.9 Å². The van der Waals surface area contributed by atoms with E-state index in [1.165, 1.54) is 18.2 Å². The third kappa shape index (κ3) is 4.43. The summed E-state index contributed by atoms with van der Waals surface area (Å²) in [5, 5.41) is 20.4. The zero-order valence-corrected chi connectivity index (χ0v) is 15.9. The molecule has 0 aromatic heterocycles. The van der Waals surface area contributed by atoms with Gasteiger partial charge >= 0.3 is 5.97 Å². The van der Waals surface area contributed by atoms with Crippen LogP contribution in [-0.2, 0) is 0 Å². The summed E-state index contributed by atoms with van der Waals surface area (Å²) in [6, 6.07) is 7.20. The highest BCUT2D eigenvalue weighted by atomic mass is 19.1. The molecule has 3 rings (SSSR count). The average Bonchev–Trinajstić information content (AvgIpc) is 2.73. The number of nitro groups is 1. The van der Waals surface area contributed by atoms with E-state index in [1.807, 2.05) is 4.90 Å². The summed E-state index contributed by atoms with van der Waals surface area (Å²) in [5.41, 5.74) is 5.43. The summed E-state index contributed by atoms with van der Waals surface area (Å²) >= 11 is 0. The number of carboxylic acid groups (broad SMARTS) is 1. The molecule has 1 aliphatic rings. The van der Waals surface area contributed by atoms with Gasteiger partial charge in [0.15, 0.2) is 0 Å². The van der Waals surface area contributed by atoms with Crippen molar-refractivity contribution in [2.24, 2.45) is 10.7 Å². The van der Waals surface area contributed by atoms with Crippen molar-refractivity contribution >= 4 is 29.1 Å². The van der Waals surface area contributed by atoms with Crippen LogP contribution < -0.4 is 10.6 Å². The van der Waals surface area contributed by atoms with E-state index in [-0.39, 0.29) is 22.6 Å².